The number of primary sulfonamides is 1. The average molecular weight is 368 g/mol. The number of rotatable bonds is 4. The van der Waals surface area contributed by atoms with E-state index in [0.29, 0.717) is 12.0 Å². The second-order valence-corrected chi connectivity index (χ2v) is 7.33. The first kappa shape index (κ1) is 17.6. The molecule has 2 aromatic rings. The lowest BCUT2D eigenvalue weighted by atomic mass is 9.98. The zero-order chi connectivity index (χ0) is 18.2. The lowest BCUT2D eigenvalue weighted by Crippen LogP contribution is -2.11. The minimum Gasteiger partial charge on any atom is -0.252 e. The smallest absolute Gasteiger partial charge is 0.252 e. The number of pyridine rings is 1. The summed E-state index contributed by atoms with van der Waals surface area (Å²) in [6, 6.07) is 7.17. The Morgan fingerprint density at radius 2 is 1.64 bits per heavy atom. The minimum absolute atomic E-state index is 0.00499. The first-order chi connectivity index (χ1) is 11.8. The van der Waals surface area contributed by atoms with Crippen LogP contribution >= 0.6 is 0 Å². The number of nitrogens with two attached hydrogens (primary N) is 1. The van der Waals surface area contributed by atoms with E-state index in [0.717, 1.165) is 35.6 Å². The molecule has 1 aliphatic rings. The molecule has 0 saturated carbocycles. The molecule has 25 heavy (non-hydrogen) atoms. The SMILES string of the molecule is NS(=O)(=O)c1ccc(C2=C(c3cnc(C(F)F)c(F)c3)CCC2)cc1. The summed E-state index contributed by atoms with van der Waals surface area (Å²) in [4.78, 5) is 3.55. The fourth-order valence-electron chi connectivity index (χ4n) is 3.00. The third-order valence-electron chi connectivity index (χ3n) is 4.17. The van der Waals surface area contributed by atoms with Gasteiger partial charge in [0.05, 0.1) is 4.90 Å². The number of hydrogen-bond acceptors (Lipinski definition) is 3. The maximum Gasteiger partial charge on any atom is 0.283 e. The van der Waals surface area contributed by atoms with Crippen LogP contribution in [0.25, 0.3) is 11.1 Å². The summed E-state index contributed by atoms with van der Waals surface area (Å²) >= 11 is 0. The van der Waals surface area contributed by atoms with E-state index in [9.17, 15) is 21.6 Å². The van der Waals surface area contributed by atoms with Crippen molar-refractivity contribution in [3.63, 3.8) is 0 Å². The molecular formula is C17H15F3N2O2S. The normalized spacial score (nSPS) is 15.2. The van der Waals surface area contributed by atoms with Crippen LogP contribution in [0, 0.1) is 5.82 Å². The predicted octanol–water partition coefficient (Wildman–Crippen LogP) is 3.90. The summed E-state index contributed by atoms with van der Waals surface area (Å²) in [5.74, 6) is -1.03. The third kappa shape index (κ3) is 3.59. The van der Waals surface area contributed by atoms with E-state index >= 15 is 0 Å². The van der Waals surface area contributed by atoms with Gasteiger partial charge in [0, 0.05) is 6.20 Å². The summed E-state index contributed by atoms with van der Waals surface area (Å²) in [7, 11) is -3.77. The van der Waals surface area contributed by atoms with Gasteiger partial charge in [0.2, 0.25) is 10.0 Å². The Hall–Kier alpha value is -2.19. The molecule has 1 aromatic carbocycles. The van der Waals surface area contributed by atoms with E-state index in [1.54, 1.807) is 12.1 Å². The van der Waals surface area contributed by atoms with Crippen molar-refractivity contribution in [1.82, 2.24) is 4.98 Å². The number of hydrogen-bond donors (Lipinski definition) is 1. The van der Waals surface area contributed by atoms with Gasteiger partial charge in [-0.2, -0.15) is 0 Å². The van der Waals surface area contributed by atoms with Crippen molar-refractivity contribution in [1.29, 1.82) is 0 Å². The first-order valence-corrected chi connectivity index (χ1v) is 9.11. The number of nitrogens with zero attached hydrogens (tertiary/aromatic N) is 1. The van der Waals surface area contributed by atoms with Crippen LogP contribution in [0.4, 0.5) is 13.2 Å². The van der Waals surface area contributed by atoms with E-state index < -0.39 is 28.0 Å². The number of halogens is 3. The largest absolute Gasteiger partial charge is 0.283 e. The lowest BCUT2D eigenvalue weighted by Gasteiger charge is -2.10. The number of alkyl halides is 2. The van der Waals surface area contributed by atoms with Gasteiger partial charge in [-0.25, -0.2) is 26.7 Å². The van der Waals surface area contributed by atoms with E-state index in [-0.39, 0.29) is 4.90 Å². The Labute approximate surface area is 143 Å². The molecule has 0 aliphatic heterocycles. The molecule has 1 aliphatic carbocycles. The number of aromatic nitrogens is 1. The van der Waals surface area contributed by atoms with Gasteiger partial charge < -0.3 is 0 Å². The maximum atomic E-state index is 13.8. The van der Waals surface area contributed by atoms with Crippen molar-refractivity contribution in [2.45, 2.75) is 30.6 Å². The second-order valence-electron chi connectivity index (χ2n) is 5.77. The first-order valence-electron chi connectivity index (χ1n) is 7.56. The molecule has 3 rings (SSSR count). The van der Waals surface area contributed by atoms with Crippen molar-refractivity contribution in [2.24, 2.45) is 5.14 Å². The van der Waals surface area contributed by atoms with E-state index in [2.05, 4.69) is 4.98 Å². The molecule has 0 saturated heterocycles. The Balaban J connectivity index is 2.02. The Bertz CT molecular complexity index is 939. The summed E-state index contributed by atoms with van der Waals surface area (Å²) in [5.41, 5.74) is 2.15. The van der Waals surface area contributed by atoms with Crippen molar-refractivity contribution in [3.8, 4) is 0 Å². The van der Waals surface area contributed by atoms with Crippen molar-refractivity contribution in [3.05, 3.63) is 59.2 Å². The molecular weight excluding hydrogens is 353 g/mol. The van der Waals surface area contributed by atoms with E-state index in [1.165, 1.54) is 18.3 Å². The molecule has 0 atom stereocenters. The average Bonchev–Trinajstić information content (AvgIpc) is 3.03. The van der Waals surface area contributed by atoms with Gasteiger partial charge in [0.15, 0.2) is 5.82 Å². The molecule has 0 radical (unpaired) electrons. The highest BCUT2D eigenvalue weighted by molar-refractivity contribution is 7.89. The molecule has 8 heteroatoms. The van der Waals surface area contributed by atoms with Crippen LogP contribution in [0.15, 0.2) is 41.4 Å². The van der Waals surface area contributed by atoms with Crippen LogP contribution in [0.1, 0.15) is 42.5 Å². The van der Waals surface area contributed by atoms with E-state index in [1.807, 2.05) is 0 Å². The lowest BCUT2D eigenvalue weighted by molar-refractivity contribution is 0.140. The Morgan fingerprint density at radius 1 is 1.04 bits per heavy atom. The molecule has 0 unspecified atom stereocenters. The number of allylic oxidation sites excluding steroid dienone is 2. The summed E-state index contributed by atoms with van der Waals surface area (Å²) in [5, 5.41) is 5.08. The van der Waals surface area contributed by atoms with Crippen molar-refractivity contribution >= 4 is 21.2 Å². The molecule has 0 amide bonds. The van der Waals surface area contributed by atoms with Crippen LogP contribution < -0.4 is 5.14 Å². The molecule has 0 fully saturated rings. The van der Waals surface area contributed by atoms with Gasteiger partial charge in [-0.3, -0.25) is 4.98 Å². The monoisotopic (exact) mass is 368 g/mol. The molecule has 1 aromatic heterocycles. The molecule has 4 nitrogen and oxygen atoms in total. The topological polar surface area (TPSA) is 73.1 Å². The van der Waals surface area contributed by atoms with Gasteiger partial charge >= 0.3 is 0 Å². The highest BCUT2D eigenvalue weighted by Gasteiger charge is 2.21. The Morgan fingerprint density at radius 3 is 2.16 bits per heavy atom. The van der Waals surface area contributed by atoms with Crippen molar-refractivity contribution < 1.29 is 21.6 Å². The van der Waals surface area contributed by atoms with Gasteiger partial charge in [-0.05, 0) is 59.7 Å². The molecule has 0 bridgehead atoms. The highest BCUT2D eigenvalue weighted by Crippen LogP contribution is 2.40. The van der Waals surface area contributed by atoms with Crippen LogP contribution in [0.5, 0.6) is 0 Å². The highest BCUT2D eigenvalue weighted by atomic mass is 32.2. The van der Waals surface area contributed by atoms with Crippen LogP contribution in [-0.2, 0) is 10.0 Å². The molecule has 2 N–H and O–H groups in total. The summed E-state index contributed by atoms with van der Waals surface area (Å²) < 4.78 is 61.8. The predicted molar refractivity (Wildman–Crippen MR) is 87.6 cm³/mol. The summed E-state index contributed by atoms with van der Waals surface area (Å²) in [6.45, 7) is 0. The van der Waals surface area contributed by atoms with Gasteiger partial charge in [-0.15, -0.1) is 0 Å². The minimum atomic E-state index is -3.77. The molecule has 0 spiro atoms. The zero-order valence-electron chi connectivity index (χ0n) is 13.0. The fraction of sp³-hybridized carbons (Fsp3) is 0.235. The number of benzene rings is 1. The van der Waals surface area contributed by atoms with Crippen LogP contribution in [-0.4, -0.2) is 13.4 Å². The van der Waals surface area contributed by atoms with Crippen molar-refractivity contribution in [2.75, 3.05) is 0 Å². The summed E-state index contributed by atoms with van der Waals surface area (Å²) in [6.07, 6.45) is 0.518. The van der Waals surface area contributed by atoms with Gasteiger partial charge in [0.1, 0.15) is 5.69 Å². The quantitative estimate of drug-likeness (QED) is 0.889. The zero-order valence-corrected chi connectivity index (χ0v) is 13.9. The second kappa shape index (κ2) is 6.61. The molecule has 1 heterocycles. The van der Waals surface area contributed by atoms with E-state index in [4.69, 9.17) is 5.14 Å². The Kier molecular flexibility index (Phi) is 4.66. The third-order valence-corrected chi connectivity index (χ3v) is 5.10. The van der Waals surface area contributed by atoms with Gasteiger partial charge in [0.25, 0.3) is 6.43 Å². The number of sulfonamides is 1. The molecule has 132 valence electrons. The fourth-order valence-corrected chi connectivity index (χ4v) is 3.52. The standard InChI is InChI=1S/C17H15F3N2O2S/c18-15-8-11(9-22-16(15)17(19)20)14-3-1-2-13(14)10-4-6-12(7-5-10)25(21,23)24/h4-9,17H,1-3H2,(H2,21,23,24). The van der Waals surface area contributed by atoms with Gasteiger partial charge in [-0.1, -0.05) is 12.1 Å². The van der Waals surface area contributed by atoms with Crippen LogP contribution in [0.2, 0.25) is 0 Å². The van der Waals surface area contributed by atoms with Crippen LogP contribution in [0.3, 0.4) is 0 Å². The maximum absolute atomic E-state index is 13.8.